The standard InChI is InChI=1S/C25H18Br2Cl2N2O3/c1-2-33-23-11-16(10-20(27)24(23)34-14-15-3-5-18(26)6-4-15)9-17(13-30)25(32)31-19-7-8-21(28)22(29)12-19/h3-12H,2,14H2,1H3,(H,31,32)/b17-9+. The van der Waals surface area contributed by atoms with Gasteiger partial charge in [-0.05, 0) is 82.5 Å². The zero-order valence-corrected chi connectivity index (χ0v) is 22.6. The van der Waals surface area contributed by atoms with Gasteiger partial charge in [-0.1, -0.05) is 51.3 Å². The number of ether oxygens (including phenoxy) is 2. The van der Waals surface area contributed by atoms with E-state index in [9.17, 15) is 10.1 Å². The molecule has 0 atom stereocenters. The normalized spacial score (nSPS) is 11.0. The maximum atomic E-state index is 12.6. The summed E-state index contributed by atoms with van der Waals surface area (Å²) in [6.45, 7) is 2.62. The van der Waals surface area contributed by atoms with Crippen molar-refractivity contribution in [2.24, 2.45) is 0 Å². The topological polar surface area (TPSA) is 71.3 Å². The number of halogens is 4. The lowest BCUT2D eigenvalue weighted by Gasteiger charge is -2.15. The maximum Gasteiger partial charge on any atom is 0.266 e. The van der Waals surface area contributed by atoms with E-state index < -0.39 is 5.91 Å². The Labute approximate surface area is 224 Å². The molecule has 0 aliphatic heterocycles. The van der Waals surface area contributed by atoms with Crippen LogP contribution in [0.25, 0.3) is 6.08 Å². The van der Waals surface area contributed by atoms with Crippen molar-refractivity contribution in [3.8, 4) is 17.6 Å². The summed E-state index contributed by atoms with van der Waals surface area (Å²) < 4.78 is 13.4. The fourth-order valence-electron chi connectivity index (χ4n) is 2.90. The molecule has 0 aromatic heterocycles. The molecule has 3 aromatic carbocycles. The Hall–Kier alpha value is -2.50. The van der Waals surface area contributed by atoms with Gasteiger partial charge in [0.1, 0.15) is 18.2 Å². The van der Waals surface area contributed by atoms with Gasteiger partial charge in [0.2, 0.25) is 0 Å². The van der Waals surface area contributed by atoms with E-state index in [0.717, 1.165) is 10.0 Å². The van der Waals surface area contributed by atoms with E-state index in [2.05, 4.69) is 37.2 Å². The van der Waals surface area contributed by atoms with Crippen LogP contribution in [0.5, 0.6) is 11.5 Å². The molecular formula is C25H18Br2Cl2N2O3. The lowest BCUT2D eigenvalue weighted by molar-refractivity contribution is -0.112. The Morgan fingerprint density at radius 2 is 1.79 bits per heavy atom. The summed E-state index contributed by atoms with van der Waals surface area (Å²) in [4.78, 5) is 12.6. The van der Waals surface area contributed by atoms with E-state index in [0.29, 0.717) is 50.5 Å². The second-order valence-corrected chi connectivity index (χ2v) is 9.52. The van der Waals surface area contributed by atoms with Crippen molar-refractivity contribution in [1.82, 2.24) is 0 Å². The number of hydrogen-bond donors (Lipinski definition) is 1. The van der Waals surface area contributed by atoms with Gasteiger partial charge in [-0.2, -0.15) is 5.26 Å². The first-order chi connectivity index (χ1) is 16.3. The summed E-state index contributed by atoms with van der Waals surface area (Å²) in [7, 11) is 0. The van der Waals surface area contributed by atoms with Crippen LogP contribution in [0.1, 0.15) is 18.1 Å². The molecule has 0 aliphatic carbocycles. The Morgan fingerprint density at radius 1 is 1.06 bits per heavy atom. The van der Waals surface area contributed by atoms with Gasteiger partial charge in [-0.3, -0.25) is 4.79 Å². The quantitative estimate of drug-likeness (QED) is 0.203. The summed E-state index contributed by atoms with van der Waals surface area (Å²) in [6.07, 6.45) is 1.47. The van der Waals surface area contributed by atoms with Crippen LogP contribution >= 0.6 is 55.1 Å². The van der Waals surface area contributed by atoms with Crippen LogP contribution in [0, 0.1) is 11.3 Å². The van der Waals surface area contributed by atoms with Gasteiger partial charge in [-0.25, -0.2) is 0 Å². The highest BCUT2D eigenvalue weighted by molar-refractivity contribution is 9.10. The van der Waals surface area contributed by atoms with Gasteiger partial charge >= 0.3 is 0 Å². The largest absolute Gasteiger partial charge is 0.490 e. The van der Waals surface area contributed by atoms with Crippen molar-refractivity contribution in [3.05, 3.63) is 90.3 Å². The van der Waals surface area contributed by atoms with E-state index in [1.165, 1.54) is 12.1 Å². The molecule has 174 valence electrons. The highest BCUT2D eigenvalue weighted by Crippen LogP contribution is 2.38. The smallest absolute Gasteiger partial charge is 0.266 e. The van der Waals surface area contributed by atoms with Crippen molar-refractivity contribution in [3.63, 3.8) is 0 Å². The van der Waals surface area contributed by atoms with Crippen LogP contribution in [-0.4, -0.2) is 12.5 Å². The lowest BCUT2D eigenvalue weighted by atomic mass is 10.1. The molecule has 34 heavy (non-hydrogen) atoms. The number of carbonyl (C=O) groups is 1. The Balaban J connectivity index is 1.84. The first-order valence-electron chi connectivity index (χ1n) is 10.0. The van der Waals surface area contributed by atoms with Crippen molar-refractivity contribution in [2.45, 2.75) is 13.5 Å². The van der Waals surface area contributed by atoms with Crippen LogP contribution < -0.4 is 14.8 Å². The van der Waals surface area contributed by atoms with Crippen molar-refractivity contribution in [1.29, 1.82) is 5.26 Å². The number of nitrogens with one attached hydrogen (secondary N) is 1. The van der Waals surface area contributed by atoms with Crippen LogP contribution in [0.2, 0.25) is 10.0 Å². The highest BCUT2D eigenvalue weighted by atomic mass is 79.9. The minimum absolute atomic E-state index is 0.0936. The second-order valence-electron chi connectivity index (χ2n) is 6.93. The first kappa shape index (κ1) is 26.1. The molecule has 1 amide bonds. The minimum Gasteiger partial charge on any atom is -0.490 e. The van der Waals surface area contributed by atoms with Crippen LogP contribution in [0.15, 0.2) is 69.1 Å². The van der Waals surface area contributed by atoms with Gasteiger partial charge in [0.25, 0.3) is 5.91 Å². The third-order valence-electron chi connectivity index (χ3n) is 4.48. The maximum absolute atomic E-state index is 12.6. The summed E-state index contributed by atoms with van der Waals surface area (Å²) >= 11 is 18.8. The Bertz CT molecular complexity index is 1270. The van der Waals surface area contributed by atoms with E-state index in [1.807, 2.05) is 37.3 Å². The first-order valence-corrected chi connectivity index (χ1v) is 12.4. The number of amides is 1. The van der Waals surface area contributed by atoms with Gasteiger partial charge < -0.3 is 14.8 Å². The predicted octanol–water partition coefficient (Wildman–Crippen LogP) is 8.04. The summed E-state index contributed by atoms with van der Waals surface area (Å²) in [5.74, 6) is 0.439. The van der Waals surface area contributed by atoms with E-state index in [4.69, 9.17) is 32.7 Å². The third kappa shape index (κ3) is 7.00. The van der Waals surface area contributed by atoms with Crippen molar-refractivity contribution in [2.75, 3.05) is 11.9 Å². The SMILES string of the molecule is CCOc1cc(/C=C(\C#N)C(=O)Nc2ccc(Cl)c(Cl)c2)cc(Br)c1OCc1ccc(Br)cc1. The lowest BCUT2D eigenvalue weighted by Crippen LogP contribution is -2.13. The molecule has 5 nitrogen and oxygen atoms in total. The van der Waals surface area contributed by atoms with E-state index in [-0.39, 0.29) is 5.57 Å². The van der Waals surface area contributed by atoms with Gasteiger partial charge in [-0.15, -0.1) is 0 Å². The van der Waals surface area contributed by atoms with E-state index in [1.54, 1.807) is 24.3 Å². The molecular weight excluding hydrogens is 607 g/mol. The molecule has 1 N–H and O–H groups in total. The average Bonchev–Trinajstić information content (AvgIpc) is 2.80. The number of nitrogens with zero attached hydrogens (tertiary/aromatic N) is 1. The van der Waals surface area contributed by atoms with Gasteiger partial charge in [0.15, 0.2) is 11.5 Å². The zero-order chi connectivity index (χ0) is 24.7. The fraction of sp³-hybridized carbons (Fsp3) is 0.120. The van der Waals surface area contributed by atoms with Crippen LogP contribution in [-0.2, 0) is 11.4 Å². The number of anilines is 1. The van der Waals surface area contributed by atoms with Gasteiger partial charge in [0.05, 0.1) is 21.1 Å². The summed E-state index contributed by atoms with van der Waals surface area (Å²) in [6, 6.07) is 17.9. The molecule has 0 radical (unpaired) electrons. The molecule has 0 aliphatic rings. The molecule has 3 aromatic rings. The highest BCUT2D eigenvalue weighted by Gasteiger charge is 2.15. The Kier molecular flexibility index (Phi) is 9.43. The third-order valence-corrected chi connectivity index (χ3v) is 6.34. The van der Waals surface area contributed by atoms with Crippen LogP contribution in [0.4, 0.5) is 5.69 Å². The van der Waals surface area contributed by atoms with E-state index >= 15 is 0 Å². The molecule has 0 saturated carbocycles. The fourth-order valence-corrected chi connectivity index (χ4v) is 4.03. The molecule has 0 unspecified atom stereocenters. The van der Waals surface area contributed by atoms with Crippen molar-refractivity contribution < 1.29 is 14.3 Å². The van der Waals surface area contributed by atoms with Crippen LogP contribution in [0.3, 0.4) is 0 Å². The monoisotopic (exact) mass is 622 g/mol. The number of rotatable bonds is 8. The molecule has 0 spiro atoms. The predicted molar refractivity (Wildman–Crippen MR) is 142 cm³/mol. The summed E-state index contributed by atoms with van der Waals surface area (Å²) in [5, 5.41) is 12.9. The zero-order valence-electron chi connectivity index (χ0n) is 17.9. The molecule has 3 rings (SSSR count). The molecule has 9 heteroatoms. The summed E-state index contributed by atoms with van der Waals surface area (Å²) in [5.41, 5.74) is 1.91. The molecule has 0 saturated heterocycles. The molecule has 0 fully saturated rings. The minimum atomic E-state index is -0.578. The number of hydrogen-bond acceptors (Lipinski definition) is 4. The molecule has 0 bridgehead atoms. The number of benzene rings is 3. The van der Waals surface area contributed by atoms with Crippen molar-refractivity contribution >= 4 is 72.7 Å². The number of carbonyl (C=O) groups excluding carboxylic acids is 1. The average molecular weight is 625 g/mol. The number of nitriles is 1. The molecule has 0 heterocycles. The second kappa shape index (κ2) is 12.3. The van der Waals surface area contributed by atoms with Gasteiger partial charge in [0, 0.05) is 10.2 Å². The Morgan fingerprint density at radius 3 is 2.44 bits per heavy atom.